The Morgan fingerprint density at radius 2 is 1.86 bits per heavy atom. The van der Waals surface area contributed by atoms with Gasteiger partial charge in [-0.2, -0.15) is 0 Å². The van der Waals surface area contributed by atoms with Crippen molar-refractivity contribution >= 4 is 16.7 Å². The predicted molar refractivity (Wildman–Crippen MR) is 108 cm³/mol. The van der Waals surface area contributed by atoms with E-state index in [1.54, 1.807) is 17.1 Å². The van der Waals surface area contributed by atoms with Gasteiger partial charge in [-0.3, -0.25) is 19.1 Å². The van der Waals surface area contributed by atoms with E-state index in [0.29, 0.717) is 36.8 Å². The van der Waals surface area contributed by atoms with E-state index in [2.05, 4.69) is 9.97 Å². The minimum atomic E-state index is -0.0136. The van der Waals surface area contributed by atoms with Crippen molar-refractivity contribution in [1.82, 2.24) is 19.4 Å². The van der Waals surface area contributed by atoms with Crippen LogP contribution < -0.4 is 5.56 Å². The number of aryl methyl sites for hydroxylation is 1. The Labute approximate surface area is 163 Å². The molecule has 144 valence electrons. The summed E-state index contributed by atoms with van der Waals surface area (Å²) in [6.07, 6.45) is 5.08. The average molecular weight is 376 g/mol. The molecule has 3 aromatic rings. The van der Waals surface area contributed by atoms with E-state index in [4.69, 9.17) is 0 Å². The summed E-state index contributed by atoms with van der Waals surface area (Å²) in [5.41, 5.74) is 2.04. The number of likely N-dealkylation sites (tertiary alicyclic amines) is 1. The van der Waals surface area contributed by atoms with Gasteiger partial charge in [-0.05, 0) is 44.1 Å². The second-order valence-corrected chi connectivity index (χ2v) is 7.53. The van der Waals surface area contributed by atoms with Crippen LogP contribution >= 0.6 is 0 Å². The van der Waals surface area contributed by atoms with Crippen LogP contribution in [0.15, 0.2) is 47.7 Å². The van der Waals surface area contributed by atoms with Gasteiger partial charge in [0.25, 0.3) is 11.5 Å². The molecular formula is C22H24N4O2. The molecule has 0 unspecified atom stereocenters. The fourth-order valence-electron chi connectivity index (χ4n) is 3.84. The summed E-state index contributed by atoms with van der Waals surface area (Å²) in [7, 11) is 0. The fourth-order valence-corrected chi connectivity index (χ4v) is 3.84. The third-order valence-corrected chi connectivity index (χ3v) is 5.75. The smallest absolute Gasteiger partial charge is 0.273 e. The van der Waals surface area contributed by atoms with Crippen molar-refractivity contribution in [3.63, 3.8) is 0 Å². The maximum atomic E-state index is 13.0. The number of aromatic nitrogens is 3. The van der Waals surface area contributed by atoms with Crippen molar-refractivity contribution in [3.8, 4) is 0 Å². The van der Waals surface area contributed by atoms with Crippen LogP contribution in [-0.4, -0.2) is 38.4 Å². The van der Waals surface area contributed by atoms with E-state index < -0.39 is 0 Å². The number of hydrogen-bond acceptors (Lipinski definition) is 4. The predicted octanol–water partition coefficient (Wildman–Crippen LogP) is 2.96. The van der Waals surface area contributed by atoms with Crippen molar-refractivity contribution < 1.29 is 4.79 Å². The van der Waals surface area contributed by atoms with Crippen molar-refractivity contribution in [2.45, 2.75) is 33.2 Å². The number of carbonyl (C=O) groups is 1. The zero-order chi connectivity index (χ0) is 19.7. The Hall–Kier alpha value is -3.02. The molecule has 2 aromatic heterocycles. The van der Waals surface area contributed by atoms with Gasteiger partial charge in [0.05, 0.1) is 6.33 Å². The van der Waals surface area contributed by atoms with Gasteiger partial charge in [-0.15, -0.1) is 0 Å². The van der Waals surface area contributed by atoms with Crippen molar-refractivity contribution in [2.75, 3.05) is 13.1 Å². The van der Waals surface area contributed by atoms with E-state index >= 15 is 0 Å². The molecule has 3 heterocycles. The van der Waals surface area contributed by atoms with Gasteiger partial charge in [0.15, 0.2) is 0 Å². The molecule has 28 heavy (non-hydrogen) atoms. The maximum Gasteiger partial charge on any atom is 0.273 e. The zero-order valence-corrected chi connectivity index (χ0v) is 16.3. The lowest BCUT2D eigenvalue weighted by atomic mass is 9.96. The lowest BCUT2D eigenvalue weighted by molar-refractivity contribution is 0.0678. The molecular weight excluding hydrogens is 352 g/mol. The molecule has 0 radical (unpaired) electrons. The average Bonchev–Trinajstić information content (AvgIpc) is 2.74. The highest BCUT2D eigenvalue weighted by atomic mass is 16.2. The number of pyridine rings is 1. The Kier molecular flexibility index (Phi) is 4.94. The molecule has 6 nitrogen and oxygen atoms in total. The van der Waals surface area contributed by atoms with Gasteiger partial charge in [-0.1, -0.05) is 24.3 Å². The lowest BCUT2D eigenvalue weighted by Crippen LogP contribution is -2.40. The van der Waals surface area contributed by atoms with Crippen LogP contribution in [0.1, 0.15) is 34.6 Å². The van der Waals surface area contributed by atoms with E-state index in [0.717, 1.165) is 29.3 Å². The first-order valence-electron chi connectivity index (χ1n) is 9.70. The molecule has 1 aliphatic heterocycles. The van der Waals surface area contributed by atoms with Crippen LogP contribution in [0, 0.1) is 19.8 Å². The van der Waals surface area contributed by atoms with Gasteiger partial charge in [0.1, 0.15) is 5.69 Å². The standard InChI is InChI=1S/C22H24N4O2/c1-15-16(2)24-14-26(21(15)27)13-17-8-11-25(12-9-17)22(28)20-19-6-4-3-5-18(19)7-10-23-20/h3-7,10,14,17H,8-9,11-13H2,1-2H3. The van der Waals surface area contributed by atoms with Gasteiger partial charge < -0.3 is 4.90 Å². The topological polar surface area (TPSA) is 68.1 Å². The number of rotatable bonds is 3. The molecule has 4 rings (SSSR count). The fraction of sp³-hybridized carbons (Fsp3) is 0.364. The van der Waals surface area contributed by atoms with Crippen LogP contribution in [0.4, 0.5) is 0 Å². The van der Waals surface area contributed by atoms with Crippen LogP contribution in [0.5, 0.6) is 0 Å². The van der Waals surface area contributed by atoms with E-state index in [-0.39, 0.29) is 11.5 Å². The zero-order valence-electron chi connectivity index (χ0n) is 16.3. The minimum absolute atomic E-state index is 0.0136. The molecule has 0 saturated carbocycles. The molecule has 1 saturated heterocycles. The second-order valence-electron chi connectivity index (χ2n) is 7.53. The van der Waals surface area contributed by atoms with E-state index in [1.165, 1.54) is 0 Å². The largest absolute Gasteiger partial charge is 0.337 e. The molecule has 1 fully saturated rings. The van der Waals surface area contributed by atoms with Crippen LogP contribution in [0.2, 0.25) is 0 Å². The SMILES string of the molecule is Cc1ncn(CC2CCN(C(=O)c3nccc4ccccc34)CC2)c(=O)c1C. The number of fused-ring (bicyclic) bond motifs is 1. The van der Waals surface area contributed by atoms with Gasteiger partial charge in [0, 0.05) is 42.5 Å². The number of amides is 1. The molecule has 0 N–H and O–H groups in total. The normalized spacial score (nSPS) is 15.1. The van der Waals surface area contributed by atoms with Crippen molar-refractivity contribution in [3.05, 3.63) is 70.2 Å². The highest BCUT2D eigenvalue weighted by Crippen LogP contribution is 2.23. The Balaban J connectivity index is 1.45. The van der Waals surface area contributed by atoms with E-state index in [1.807, 2.05) is 49.1 Å². The van der Waals surface area contributed by atoms with E-state index in [9.17, 15) is 9.59 Å². The Morgan fingerprint density at radius 3 is 2.64 bits per heavy atom. The molecule has 1 amide bonds. The van der Waals surface area contributed by atoms with Crippen molar-refractivity contribution in [1.29, 1.82) is 0 Å². The first-order valence-corrected chi connectivity index (χ1v) is 9.70. The Morgan fingerprint density at radius 1 is 1.11 bits per heavy atom. The van der Waals surface area contributed by atoms with Gasteiger partial charge in [0.2, 0.25) is 0 Å². The summed E-state index contributed by atoms with van der Waals surface area (Å²) in [6.45, 7) is 5.69. The molecule has 1 aromatic carbocycles. The number of hydrogen-bond donors (Lipinski definition) is 0. The number of piperidine rings is 1. The van der Waals surface area contributed by atoms with Gasteiger partial charge >= 0.3 is 0 Å². The lowest BCUT2D eigenvalue weighted by Gasteiger charge is -2.32. The first-order chi connectivity index (χ1) is 13.5. The summed E-state index contributed by atoms with van der Waals surface area (Å²) in [4.78, 5) is 36.0. The third kappa shape index (κ3) is 3.42. The number of nitrogens with zero attached hydrogens (tertiary/aromatic N) is 4. The minimum Gasteiger partial charge on any atom is -0.337 e. The summed E-state index contributed by atoms with van der Waals surface area (Å²) in [5, 5.41) is 1.92. The number of carbonyl (C=O) groups excluding carboxylic acids is 1. The molecule has 0 bridgehead atoms. The molecule has 0 atom stereocenters. The first kappa shape index (κ1) is 18.3. The summed E-state index contributed by atoms with van der Waals surface area (Å²) >= 11 is 0. The molecule has 1 aliphatic rings. The van der Waals surface area contributed by atoms with Crippen LogP contribution in [0.3, 0.4) is 0 Å². The monoisotopic (exact) mass is 376 g/mol. The van der Waals surface area contributed by atoms with Gasteiger partial charge in [-0.25, -0.2) is 4.98 Å². The van der Waals surface area contributed by atoms with Crippen molar-refractivity contribution in [2.24, 2.45) is 5.92 Å². The molecule has 6 heteroatoms. The summed E-state index contributed by atoms with van der Waals surface area (Å²) in [5.74, 6) is 0.353. The Bertz CT molecular complexity index is 1080. The maximum absolute atomic E-state index is 13.0. The second kappa shape index (κ2) is 7.54. The highest BCUT2D eigenvalue weighted by Gasteiger charge is 2.26. The third-order valence-electron chi connectivity index (χ3n) is 5.75. The highest BCUT2D eigenvalue weighted by molar-refractivity contribution is 6.05. The summed E-state index contributed by atoms with van der Waals surface area (Å²) < 4.78 is 1.71. The van der Waals surface area contributed by atoms with Crippen LogP contribution in [-0.2, 0) is 6.54 Å². The van der Waals surface area contributed by atoms with Crippen LogP contribution in [0.25, 0.3) is 10.8 Å². The summed E-state index contributed by atoms with van der Waals surface area (Å²) in [6, 6.07) is 9.76. The molecule has 0 aliphatic carbocycles. The number of benzene rings is 1. The molecule has 0 spiro atoms. The quantitative estimate of drug-likeness (QED) is 0.705.